The lowest BCUT2D eigenvalue weighted by Gasteiger charge is -2.34. The van der Waals surface area contributed by atoms with Gasteiger partial charge in [0, 0.05) is 0 Å². The van der Waals surface area contributed by atoms with E-state index >= 15 is 0 Å². The predicted octanol–water partition coefficient (Wildman–Crippen LogP) is 2.55. The summed E-state index contributed by atoms with van der Waals surface area (Å²) < 4.78 is 1.28. The number of benzene rings is 1. The zero-order chi connectivity index (χ0) is 14.3. The van der Waals surface area contributed by atoms with Gasteiger partial charge in [0.25, 0.3) is 0 Å². The third-order valence-corrected chi connectivity index (χ3v) is 4.02. The summed E-state index contributed by atoms with van der Waals surface area (Å²) in [6, 6.07) is 7.19. The highest BCUT2D eigenvalue weighted by Crippen LogP contribution is 2.06. The lowest BCUT2D eigenvalue weighted by Crippen LogP contribution is -2.47. The molecule has 1 N–H and O–H groups in total. The molecular weight excluding hydrogens is 240 g/mol. The zero-order valence-corrected chi connectivity index (χ0v) is 12.4. The molecule has 0 unspecified atom stereocenters. The molecule has 5 heteroatoms. The monoisotopic (exact) mass is 265 g/mol. The molecule has 0 spiro atoms. The number of nitrogens with zero attached hydrogens (tertiary/aromatic N) is 4. The Labute approximate surface area is 115 Å². The van der Waals surface area contributed by atoms with Crippen LogP contribution in [0.1, 0.15) is 27.7 Å². The zero-order valence-electron chi connectivity index (χ0n) is 12.4. The molecule has 1 aromatic carbocycles. The van der Waals surface area contributed by atoms with Crippen LogP contribution < -0.4 is 0 Å². The average Bonchev–Trinajstić information content (AvgIpc) is 2.85. The summed E-state index contributed by atoms with van der Waals surface area (Å²) in [5.41, 5.74) is 1.33. The molecular formula is C14H25N4O+. The number of hydrogen-bond donors (Lipinski definition) is 1. The predicted molar refractivity (Wildman–Crippen MR) is 77.1 cm³/mol. The maximum Gasteiger partial charge on any atom is 0.130 e. The summed E-state index contributed by atoms with van der Waals surface area (Å²) in [6.45, 7) is 14.2. The first-order valence-electron chi connectivity index (χ1n) is 6.97. The van der Waals surface area contributed by atoms with Gasteiger partial charge in [-0.1, -0.05) is 17.0 Å². The van der Waals surface area contributed by atoms with Crippen molar-refractivity contribution in [2.75, 3.05) is 26.2 Å². The standard InChI is InChI=1S/C8H20N.C6H5N3O/c1-5-9(6-2,7-3)8-4;10-9-6-4-2-1-3-5(6)7-8-9/h5-8H2,1-4H3;1-4,10H/q+1;. The Morgan fingerprint density at radius 3 is 1.95 bits per heavy atom. The molecule has 0 saturated carbocycles. The molecule has 0 aliphatic rings. The summed E-state index contributed by atoms with van der Waals surface area (Å²) in [4.78, 5) is 0.759. The Morgan fingerprint density at radius 2 is 1.53 bits per heavy atom. The molecule has 2 aromatic rings. The van der Waals surface area contributed by atoms with Gasteiger partial charge in [-0.15, -0.1) is 5.10 Å². The van der Waals surface area contributed by atoms with E-state index in [4.69, 9.17) is 5.21 Å². The second-order valence-electron chi connectivity index (χ2n) is 4.57. The SMILES string of the molecule is CC[N+](CC)(CC)CC.On1nnc2ccccc21. The Morgan fingerprint density at radius 1 is 1.00 bits per heavy atom. The lowest BCUT2D eigenvalue weighted by atomic mass is 10.3. The van der Waals surface area contributed by atoms with Crippen LogP contribution >= 0.6 is 0 Å². The van der Waals surface area contributed by atoms with Crippen molar-refractivity contribution in [3.63, 3.8) is 0 Å². The molecule has 0 atom stereocenters. The van der Waals surface area contributed by atoms with E-state index in [1.807, 2.05) is 12.1 Å². The molecule has 0 saturated heterocycles. The first-order valence-corrected chi connectivity index (χ1v) is 6.97. The van der Waals surface area contributed by atoms with Crippen LogP contribution in [0.2, 0.25) is 0 Å². The second kappa shape index (κ2) is 7.09. The lowest BCUT2D eigenvalue weighted by molar-refractivity contribution is -0.921. The summed E-state index contributed by atoms with van der Waals surface area (Å²) in [6.07, 6.45) is 0. The fourth-order valence-electron chi connectivity index (χ4n) is 2.20. The van der Waals surface area contributed by atoms with Crippen molar-refractivity contribution in [3.05, 3.63) is 24.3 Å². The quantitative estimate of drug-likeness (QED) is 0.683. The minimum absolute atomic E-state index is 0.627. The molecule has 1 aromatic heterocycles. The van der Waals surface area contributed by atoms with Crippen LogP contribution in [0, 0.1) is 0 Å². The maximum absolute atomic E-state index is 8.95. The fourth-order valence-corrected chi connectivity index (χ4v) is 2.20. The maximum atomic E-state index is 8.95. The van der Waals surface area contributed by atoms with E-state index in [-0.39, 0.29) is 0 Å². The Bertz CT molecular complexity index is 473. The Balaban J connectivity index is 0.000000192. The Kier molecular flexibility index (Phi) is 5.76. The van der Waals surface area contributed by atoms with Gasteiger partial charge in [0.2, 0.25) is 0 Å². The third kappa shape index (κ3) is 3.67. The van der Waals surface area contributed by atoms with E-state index in [0.29, 0.717) is 11.0 Å². The van der Waals surface area contributed by atoms with Crippen molar-refractivity contribution in [3.8, 4) is 0 Å². The number of aromatic nitrogens is 3. The van der Waals surface area contributed by atoms with Gasteiger partial charge >= 0.3 is 0 Å². The topological polar surface area (TPSA) is 50.9 Å². The molecule has 0 aliphatic carbocycles. The van der Waals surface area contributed by atoms with Crippen molar-refractivity contribution in [1.29, 1.82) is 0 Å². The van der Waals surface area contributed by atoms with E-state index in [1.165, 1.54) is 30.7 Å². The first-order chi connectivity index (χ1) is 9.12. The number of rotatable bonds is 4. The molecule has 2 rings (SSSR count). The summed E-state index contributed by atoms with van der Waals surface area (Å²) in [7, 11) is 0. The van der Waals surface area contributed by atoms with Gasteiger partial charge in [-0.2, -0.15) is 0 Å². The van der Waals surface area contributed by atoms with E-state index < -0.39 is 0 Å². The second-order valence-corrected chi connectivity index (χ2v) is 4.57. The van der Waals surface area contributed by atoms with Crippen molar-refractivity contribution >= 4 is 11.0 Å². The highest BCUT2D eigenvalue weighted by molar-refractivity contribution is 5.73. The molecule has 0 fully saturated rings. The molecule has 5 nitrogen and oxygen atoms in total. The van der Waals surface area contributed by atoms with Crippen LogP contribution in [0.4, 0.5) is 0 Å². The van der Waals surface area contributed by atoms with Crippen LogP contribution in [0.25, 0.3) is 11.0 Å². The van der Waals surface area contributed by atoms with E-state index in [2.05, 4.69) is 38.0 Å². The van der Waals surface area contributed by atoms with Gasteiger partial charge in [0.05, 0.1) is 26.2 Å². The number of hydrogen-bond acceptors (Lipinski definition) is 3. The van der Waals surface area contributed by atoms with Gasteiger partial charge in [0.1, 0.15) is 11.0 Å². The smallest absolute Gasteiger partial charge is 0.130 e. The third-order valence-electron chi connectivity index (χ3n) is 4.02. The molecule has 0 amide bonds. The van der Waals surface area contributed by atoms with Crippen molar-refractivity contribution in [2.45, 2.75) is 27.7 Å². The minimum atomic E-state index is 0.627. The number of fused-ring (bicyclic) bond motifs is 1. The van der Waals surface area contributed by atoms with Crippen LogP contribution in [-0.2, 0) is 0 Å². The van der Waals surface area contributed by atoms with Crippen LogP contribution in [0.3, 0.4) is 0 Å². The molecule has 0 bridgehead atoms. The van der Waals surface area contributed by atoms with E-state index in [1.54, 1.807) is 12.1 Å². The van der Waals surface area contributed by atoms with E-state index in [9.17, 15) is 0 Å². The van der Waals surface area contributed by atoms with Gasteiger partial charge in [-0.05, 0) is 45.0 Å². The fraction of sp³-hybridized carbons (Fsp3) is 0.571. The highest BCUT2D eigenvalue weighted by Gasteiger charge is 2.16. The molecule has 106 valence electrons. The average molecular weight is 265 g/mol. The van der Waals surface area contributed by atoms with Gasteiger partial charge in [-0.25, -0.2) is 0 Å². The van der Waals surface area contributed by atoms with Crippen LogP contribution in [0.5, 0.6) is 0 Å². The van der Waals surface area contributed by atoms with Crippen molar-refractivity contribution in [2.24, 2.45) is 0 Å². The van der Waals surface area contributed by atoms with Gasteiger partial charge in [-0.3, -0.25) is 0 Å². The molecule has 0 radical (unpaired) electrons. The van der Waals surface area contributed by atoms with Crippen LogP contribution in [0.15, 0.2) is 24.3 Å². The molecule has 0 aliphatic heterocycles. The summed E-state index contributed by atoms with van der Waals surface area (Å²) in [5.74, 6) is 0. The van der Waals surface area contributed by atoms with Crippen molar-refractivity contribution < 1.29 is 9.69 Å². The number of quaternary nitrogens is 1. The van der Waals surface area contributed by atoms with E-state index in [0.717, 1.165) is 4.85 Å². The Hall–Kier alpha value is -1.62. The van der Waals surface area contributed by atoms with Crippen LogP contribution in [-0.4, -0.2) is 51.0 Å². The molecule has 1 heterocycles. The summed E-state index contributed by atoms with van der Waals surface area (Å²) >= 11 is 0. The van der Waals surface area contributed by atoms with Gasteiger partial charge < -0.3 is 9.69 Å². The minimum Gasteiger partial charge on any atom is -0.410 e. The van der Waals surface area contributed by atoms with Crippen molar-refractivity contribution in [1.82, 2.24) is 15.2 Å². The number of para-hydroxylation sites is 1. The first kappa shape index (κ1) is 15.4. The normalized spacial score (nSPS) is 11.2. The largest absolute Gasteiger partial charge is 0.410 e. The van der Waals surface area contributed by atoms with Gasteiger partial charge in [0.15, 0.2) is 0 Å². The summed E-state index contributed by atoms with van der Waals surface area (Å²) in [5, 5.41) is 16.1. The highest BCUT2D eigenvalue weighted by atomic mass is 16.5. The molecule has 19 heavy (non-hydrogen) atoms.